The van der Waals surface area contributed by atoms with Gasteiger partial charge in [-0.25, -0.2) is 0 Å². The summed E-state index contributed by atoms with van der Waals surface area (Å²) in [5, 5.41) is 17.8. The van der Waals surface area contributed by atoms with Crippen molar-refractivity contribution in [3.8, 4) is 6.07 Å². The monoisotopic (exact) mass is 244 g/mol. The fourth-order valence-electron chi connectivity index (χ4n) is 2.53. The first kappa shape index (κ1) is 12.4. The number of hydrogen-bond donors (Lipinski definition) is 1. The van der Waals surface area contributed by atoms with Crippen LogP contribution in [0.2, 0.25) is 0 Å². The summed E-state index contributed by atoms with van der Waals surface area (Å²) < 4.78 is 0. The molecule has 0 radical (unpaired) electrons. The molecule has 1 saturated heterocycles. The van der Waals surface area contributed by atoms with Crippen LogP contribution in [0.4, 0.5) is 5.69 Å². The third-order valence-electron chi connectivity index (χ3n) is 3.48. The van der Waals surface area contributed by atoms with Gasteiger partial charge >= 0.3 is 5.97 Å². The van der Waals surface area contributed by atoms with Gasteiger partial charge in [0.05, 0.1) is 18.1 Å². The van der Waals surface area contributed by atoms with Gasteiger partial charge in [-0.2, -0.15) is 5.26 Å². The zero-order valence-corrected chi connectivity index (χ0v) is 10.4. The molecule has 0 saturated carbocycles. The van der Waals surface area contributed by atoms with E-state index >= 15 is 0 Å². The lowest BCUT2D eigenvalue weighted by Crippen LogP contribution is -2.26. The van der Waals surface area contributed by atoms with Gasteiger partial charge in [0.1, 0.15) is 0 Å². The number of carbonyl (C=O) groups is 1. The van der Waals surface area contributed by atoms with Gasteiger partial charge in [0.2, 0.25) is 0 Å². The Morgan fingerprint density at radius 2 is 2.39 bits per heavy atom. The Balaban J connectivity index is 2.13. The fourth-order valence-corrected chi connectivity index (χ4v) is 2.53. The number of nitriles is 1. The topological polar surface area (TPSA) is 64.3 Å². The zero-order chi connectivity index (χ0) is 13.2. The molecule has 4 nitrogen and oxygen atoms in total. The molecular formula is C14H16N2O2. The van der Waals surface area contributed by atoms with E-state index in [0.29, 0.717) is 5.56 Å². The quantitative estimate of drug-likeness (QED) is 0.885. The summed E-state index contributed by atoms with van der Waals surface area (Å²) in [5.41, 5.74) is 1.47. The molecular weight excluding hydrogens is 228 g/mol. The van der Waals surface area contributed by atoms with E-state index in [1.54, 1.807) is 6.07 Å². The Morgan fingerprint density at radius 3 is 3.06 bits per heavy atom. The predicted molar refractivity (Wildman–Crippen MR) is 68.3 cm³/mol. The first-order chi connectivity index (χ1) is 8.52. The molecule has 2 rings (SSSR count). The third kappa shape index (κ3) is 2.62. The van der Waals surface area contributed by atoms with E-state index in [1.807, 2.05) is 25.1 Å². The summed E-state index contributed by atoms with van der Waals surface area (Å²) >= 11 is 0. The van der Waals surface area contributed by atoms with Crippen molar-refractivity contribution in [1.82, 2.24) is 0 Å². The fraction of sp³-hybridized carbons (Fsp3) is 0.429. The highest BCUT2D eigenvalue weighted by atomic mass is 16.4. The second-order valence-electron chi connectivity index (χ2n) is 5.21. The van der Waals surface area contributed by atoms with E-state index in [4.69, 9.17) is 10.4 Å². The molecule has 94 valence electrons. The lowest BCUT2D eigenvalue weighted by atomic mass is 9.86. The Morgan fingerprint density at radius 1 is 1.61 bits per heavy atom. The van der Waals surface area contributed by atoms with E-state index in [2.05, 4.69) is 11.0 Å². The van der Waals surface area contributed by atoms with E-state index < -0.39 is 5.97 Å². The zero-order valence-electron chi connectivity index (χ0n) is 10.4. The summed E-state index contributed by atoms with van der Waals surface area (Å²) in [4.78, 5) is 13.0. The minimum absolute atomic E-state index is 0.172. The molecule has 1 fully saturated rings. The normalized spacial score (nSPS) is 22.8. The van der Waals surface area contributed by atoms with E-state index in [9.17, 15) is 4.79 Å². The van der Waals surface area contributed by atoms with Crippen LogP contribution in [0.25, 0.3) is 0 Å². The molecule has 18 heavy (non-hydrogen) atoms. The van der Waals surface area contributed by atoms with Crippen molar-refractivity contribution in [3.63, 3.8) is 0 Å². The van der Waals surface area contributed by atoms with Crippen LogP contribution in [0.1, 0.15) is 25.3 Å². The number of benzene rings is 1. The number of hydrogen-bond acceptors (Lipinski definition) is 3. The molecule has 1 aliphatic rings. The standard InChI is InChI=1S/C14H16N2O2/c1-14(8-13(17)18)5-6-16(10-14)12-4-2-3-11(7-12)9-15/h2-4,7H,5-6,8,10H2,1H3,(H,17,18). The second-order valence-corrected chi connectivity index (χ2v) is 5.21. The van der Waals surface area contributed by atoms with Crippen LogP contribution in [0, 0.1) is 16.7 Å². The molecule has 1 aliphatic heterocycles. The van der Waals surface area contributed by atoms with Gasteiger partial charge in [-0.3, -0.25) is 4.79 Å². The van der Waals surface area contributed by atoms with Gasteiger partial charge < -0.3 is 10.0 Å². The lowest BCUT2D eigenvalue weighted by Gasteiger charge is -2.24. The first-order valence-electron chi connectivity index (χ1n) is 5.99. The number of nitrogens with zero attached hydrogens (tertiary/aromatic N) is 2. The highest BCUT2D eigenvalue weighted by Gasteiger charge is 2.35. The summed E-state index contributed by atoms with van der Waals surface area (Å²) in [5.74, 6) is -0.745. The van der Waals surface area contributed by atoms with E-state index in [-0.39, 0.29) is 11.8 Å². The molecule has 1 aromatic carbocycles. The van der Waals surface area contributed by atoms with Crippen molar-refractivity contribution in [3.05, 3.63) is 29.8 Å². The van der Waals surface area contributed by atoms with E-state index in [1.165, 1.54) is 0 Å². The van der Waals surface area contributed by atoms with Crippen molar-refractivity contribution in [1.29, 1.82) is 5.26 Å². The maximum atomic E-state index is 10.8. The summed E-state index contributed by atoms with van der Waals surface area (Å²) in [6.45, 7) is 3.59. The first-order valence-corrected chi connectivity index (χ1v) is 5.99. The van der Waals surface area contributed by atoms with E-state index in [0.717, 1.165) is 25.2 Å². The third-order valence-corrected chi connectivity index (χ3v) is 3.48. The van der Waals surface area contributed by atoms with Crippen LogP contribution in [-0.4, -0.2) is 24.2 Å². The van der Waals surface area contributed by atoms with Gasteiger partial charge in [0.15, 0.2) is 0 Å². The second kappa shape index (κ2) is 4.69. The van der Waals surface area contributed by atoms with Gasteiger partial charge in [0, 0.05) is 18.8 Å². The van der Waals surface area contributed by atoms with Crippen LogP contribution < -0.4 is 4.90 Å². The molecule has 0 spiro atoms. The molecule has 1 atom stereocenters. The summed E-state index contributed by atoms with van der Waals surface area (Å²) in [7, 11) is 0. The van der Waals surface area contributed by atoms with Crippen molar-refractivity contribution in [2.45, 2.75) is 19.8 Å². The largest absolute Gasteiger partial charge is 0.481 e. The predicted octanol–water partition coefficient (Wildman–Crippen LogP) is 2.25. The number of carboxylic acid groups (broad SMARTS) is 1. The Bertz CT molecular complexity index is 507. The van der Waals surface area contributed by atoms with Crippen molar-refractivity contribution < 1.29 is 9.90 Å². The highest BCUT2D eigenvalue weighted by molar-refractivity contribution is 5.68. The van der Waals surface area contributed by atoms with Crippen LogP contribution in [-0.2, 0) is 4.79 Å². The average Bonchev–Trinajstić information content (AvgIpc) is 2.70. The highest BCUT2D eigenvalue weighted by Crippen LogP contribution is 2.36. The number of carboxylic acids is 1. The summed E-state index contributed by atoms with van der Waals surface area (Å²) in [6, 6.07) is 9.58. The molecule has 1 heterocycles. The van der Waals surface area contributed by atoms with Gasteiger partial charge in [0.25, 0.3) is 0 Å². The van der Waals surface area contributed by atoms with Crippen molar-refractivity contribution in [2.24, 2.45) is 5.41 Å². The van der Waals surface area contributed by atoms with Crippen LogP contribution >= 0.6 is 0 Å². The number of aliphatic carboxylic acids is 1. The molecule has 0 aliphatic carbocycles. The molecule has 0 bridgehead atoms. The van der Waals surface area contributed by atoms with Crippen molar-refractivity contribution >= 4 is 11.7 Å². The molecule has 0 aromatic heterocycles. The molecule has 4 heteroatoms. The minimum atomic E-state index is -0.745. The average molecular weight is 244 g/mol. The van der Waals surface area contributed by atoms with Crippen LogP contribution in [0.5, 0.6) is 0 Å². The van der Waals surface area contributed by atoms with Gasteiger partial charge in [-0.05, 0) is 30.0 Å². The number of rotatable bonds is 3. The van der Waals surface area contributed by atoms with Gasteiger partial charge in [-0.1, -0.05) is 13.0 Å². The number of anilines is 1. The Kier molecular flexibility index (Phi) is 3.24. The molecule has 0 amide bonds. The maximum absolute atomic E-state index is 10.8. The smallest absolute Gasteiger partial charge is 0.303 e. The lowest BCUT2D eigenvalue weighted by molar-refractivity contribution is -0.139. The Labute approximate surface area is 106 Å². The molecule has 1 unspecified atom stereocenters. The van der Waals surface area contributed by atoms with Crippen LogP contribution in [0.3, 0.4) is 0 Å². The Hall–Kier alpha value is -2.02. The molecule has 1 N–H and O–H groups in total. The van der Waals surface area contributed by atoms with Crippen LogP contribution in [0.15, 0.2) is 24.3 Å². The van der Waals surface area contributed by atoms with Crippen molar-refractivity contribution in [2.75, 3.05) is 18.0 Å². The van der Waals surface area contributed by atoms with Gasteiger partial charge in [-0.15, -0.1) is 0 Å². The maximum Gasteiger partial charge on any atom is 0.303 e. The molecule has 1 aromatic rings. The minimum Gasteiger partial charge on any atom is -0.481 e. The summed E-state index contributed by atoms with van der Waals surface area (Å²) in [6.07, 6.45) is 1.07. The SMILES string of the molecule is CC1(CC(=O)O)CCN(c2cccc(C#N)c2)C1.